The molecular weight excluding hydrogens is 251 g/mol. The SMILES string of the molecule is CCOC(F)(F)C(F)(F)C(F)(OCC)OCC. The van der Waals surface area contributed by atoms with Gasteiger partial charge in [0, 0.05) is 0 Å². The van der Waals surface area contributed by atoms with Crippen LogP contribution in [0.15, 0.2) is 0 Å². The van der Waals surface area contributed by atoms with Crippen molar-refractivity contribution in [2.24, 2.45) is 0 Å². The van der Waals surface area contributed by atoms with E-state index in [4.69, 9.17) is 0 Å². The molecule has 0 N–H and O–H groups in total. The van der Waals surface area contributed by atoms with Gasteiger partial charge in [-0.3, -0.25) is 0 Å². The van der Waals surface area contributed by atoms with E-state index in [0.717, 1.165) is 6.92 Å². The molecule has 0 radical (unpaired) electrons. The Hall–Kier alpha value is -0.470. The van der Waals surface area contributed by atoms with E-state index in [0.29, 0.717) is 0 Å². The first-order chi connectivity index (χ1) is 7.68. The van der Waals surface area contributed by atoms with E-state index < -0.39 is 37.9 Å². The highest BCUT2D eigenvalue weighted by Crippen LogP contribution is 2.46. The first-order valence-corrected chi connectivity index (χ1v) is 5.04. The third-order valence-electron chi connectivity index (χ3n) is 1.73. The summed E-state index contributed by atoms with van der Waals surface area (Å²) in [5, 5.41) is 0. The van der Waals surface area contributed by atoms with Gasteiger partial charge in [0.1, 0.15) is 0 Å². The predicted octanol–water partition coefficient (Wildman–Crippen LogP) is 2.95. The van der Waals surface area contributed by atoms with Gasteiger partial charge in [0.05, 0.1) is 19.8 Å². The molecule has 0 aliphatic carbocycles. The zero-order valence-electron chi connectivity index (χ0n) is 9.74. The lowest BCUT2D eigenvalue weighted by molar-refractivity contribution is -0.478. The van der Waals surface area contributed by atoms with Crippen molar-refractivity contribution in [3.63, 3.8) is 0 Å². The van der Waals surface area contributed by atoms with Crippen molar-refractivity contribution in [2.45, 2.75) is 38.8 Å². The lowest BCUT2D eigenvalue weighted by atomic mass is 10.2. The molecule has 0 saturated carbocycles. The molecule has 0 fully saturated rings. The van der Waals surface area contributed by atoms with Crippen molar-refractivity contribution < 1.29 is 36.2 Å². The van der Waals surface area contributed by atoms with Crippen molar-refractivity contribution in [3.05, 3.63) is 0 Å². The second kappa shape index (κ2) is 5.92. The summed E-state index contributed by atoms with van der Waals surface area (Å²) in [6, 6.07) is -4.23. The minimum absolute atomic E-state index is 0.561. The molecule has 17 heavy (non-hydrogen) atoms. The van der Waals surface area contributed by atoms with E-state index >= 15 is 0 Å². The van der Waals surface area contributed by atoms with Crippen molar-refractivity contribution in [2.75, 3.05) is 19.8 Å². The predicted molar refractivity (Wildman–Crippen MR) is 48.6 cm³/mol. The Labute approximate surface area is 95.8 Å². The summed E-state index contributed by atoms with van der Waals surface area (Å²) in [4.78, 5) is 0. The summed E-state index contributed by atoms with van der Waals surface area (Å²) in [5.74, 6) is -5.26. The molecule has 104 valence electrons. The molecular formula is C9H15F5O3. The van der Waals surface area contributed by atoms with Crippen molar-refractivity contribution in [3.8, 4) is 0 Å². The van der Waals surface area contributed by atoms with Crippen LogP contribution in [0.5, 0.6) is 0 Å². The van der Waals surface area contributed by atoms with Crippen LogP contribution >= 0.6 is 0 Å². The minimum Gasteiger partial charge on any atom is -0.319 e. The number of rotatable bonds is 8. The second-order valence-electron chi connectivity index (χ2n) is 2.93. The van der Waals surface area contributed by atoms with Crippen LogP contribution in [-0.2, 0) is 14.2 Å². The Kier molecular flexibility index (Phi) is 5.76. The molecule has 0 aliphatic heterocycles. The first-order valence-electron chi connectivity index (χ1n) is 5.04. The van der Waals surface area contributed by atoms with E-state index in [9.17, 15) is 22.0 Å². The van der Waals surface area contributed by atoms with E-state index in [2.05, 4.69) is 14.2 Å². The number of hydrogen-bond acceptors (Lipinski definition) is 3. The Bertz CT molecular complexity index is 229. The summed E-state index contributed by atoms with van der Waals surface area (Å²) in [7, 11) is 0. The molecule has 0 saturated heterocycles. The molecule has 0 aromatic rings. The molecule has 0 bridgehead atoms. The van der Waals surface area contributed by atoms with Gasteiger partial charge in [0.2, 0.25) is 0 Å². The molecule has 0 amide bonds. The third-order valence-corrected chi connectivity index (χ3v) is 1.73. The Morgan fingerprint density at radius 1 is 0.706 bits per heavy atom. The van der Waals surface area contributed by atoms with Crippen molar-refractivity contribution in [1.82, 2.24) is 0 Å². The molecule has 0 aromatic heterocycles. The highest BCUT2D eigenvalue weighted by atomic mass is 19.3. The quantitative estimate of drug-likeness (QED) is 0.499. The minimum atomic E-state index is -5.26. The van der Waals surface area contributed by atoms with Crippen LogP contribution in [-0.4, -0.2) is 37.9 Å². The van der Waals surface area contributed by atoms with Gasteiger partial charge in [-0.25, -0.2) is 0 Å². The van der Waals surface area contributed by atoms with Gasteiger partial charge in [-0.2, -0.15) is 22.0 Å². The van der Waals surface area contributed by atoms with Crippen LogP contribution in [0.25, 0.3) is 0 Å². The second-order valence-corrected chi connectivity index (χ2v) is 2.93. The highest BCUT2D eigenvalue weighted by molar-refractivity contribution is 4.86. The number of ether oxygens (including phenoxy) is 3. The molecule has 0 rings (SSSR count). The van der Waals surface area contributed by atoms with E-state index in [1.54, 1.807) is 0 Å². The maximum Gasteiger partial charge on any atom is 0.428 e. The largest absolute Gasteiger partial charge is 0.428 e. The van der Waals surface area contributed by atoms with Crippen LogP contribution in [0.1, 0.15) is 20.8 Å². The molecule has 8 heteroatoms. The van der Waals surface area contributed by atoms with Gasteiger partial charge < -0.3 is 14.2 Å². The fourth-order valence-electron chi connectivity index (χ4n) is 1.04. The summed E-state index contributed by atoms with van der Waals surface area (Å²) >= 11 is 0. The number of halogens is 5. The van der Waals surface area contributed by atoms with E-state index in [1.807, 2.05) is 0 Å². The fraction of sp³-hybridized carbons (Fsp3) is 1.00. The lowest BCUT2D eigenvalue weighted by Crippen LogP contribution is -2.60. The maximum atomic E-state index is 13.6. The first kappa shape index (κ1) is 16.5. The van der Waals surface area contributed by atoms with Crippen LogP contribution in [0.2, 0.25) is 0 Å². The van der Waals surface area contributed by atoms with Gasteiger partial charge in [0.25, 0.3) is 0 Å². The summed E-state index contributed by atoms with van der Waals surface area (Å²) < 4.78 is 77.7. The summed E-state index contributed by atoms with van der Waals surface area (Å²) in [5.41, 5.74) is 0. The monoisotopic (exact) mass is 266 g/mol. The van der Waals surface area contributed by atoms with Crippen molar-refractivity contribution in [1.29, 1.82) is 0 Å². The lowest BCUT2D eigenvalue weighted by Gasteiger charge is -2.35. The normalized spacial score (nSPS) is 14.1. The van der Waals surface area contributed by atoms with Crippen LogP contribution in [0.4, 0.5) is 22.0 Å². The molecule has 0 atom stereocenters. The topological polar surface area (TPSA) is 27.7 Å². The summed E-state index contributed by atoms with van der Waals surface area (Å²) in [6.45, 7) is 1.58. The van der Waals surface area contributed by atoms with E-state index in [1.165, 1.54) is 13.8 Å². The molecule has 0 heterocycles. The molecule has 0 aromatic carbocycles. The zero-order valence-corrected chi connectivity index (χ0v) is 9.74. The standard InChI is InChI=1S/C9H15F5O3/c1-4-15-8(12,13)7(10,11)9(14,16-5-2)17-6-3/h4-6H2,1-3H3. The zero-order chi connectivity index (χ0) is 13.7. The van der Waals surface area contributed by atoms with Gasteiger partial charge >= 0.3 is 18.1 Å². The van der Waals surface area contributed by atoms with Crippen LogP contribution in [0, 0.1) is 0 Å². The van der Waals surface area contributed by atoms with Gasteiger partial charge in [-0.05, 0) is 20.8 Å². The van der Waals surface area contributed by atoms with Gasteiger partial charge in [-0.1, -0.05) is 0 Å². The Morgan fingerprint density at radius 3 is 1.35 bits per heavy atom. The molecule has 0 spiro atoms. The number of hydrogen-bond donors (Lipinski definition) is 0. The fourth-order valence-corrected chi connectivity index (χ4v) is 1.04. The van der Waals surface area contributed by atoms with Crippen LogP contribution < -0.4 is 0 Å². The average Bonchev–Trinajstić information content (AvgIpc) is 2.17. The molecule has 0 aliphatic rings. The number of alkyl halides is 5. The van der Waals surface area contributed by atoms with Crippen LogP contribution in [0.3, 0.4) is 0 Å². The smallest absolute Gasteiger partial charge is 0.319 e. The Balaban J connectivity index is 5.19. The Morgan fingerprint density at radius 2 is 1.06 bits per heavy atom. The molecule has 3 nitrogen and oxygen atoms in total. The maximum absolute atomic E-state index is 13.6. The van der Waals surface area contributed by atoms with Crippen molar-refractivity contribution >= 4 is 0 Å². The van der Waals surface area contributed by atoms with Gasteiger partial charge in [0.15, 0.2) is 0 Å². The third kappa shape index (κ3) is 3.26. The van der Waals surface area contributed by atoms with E-state index in [-0.39, 0.29) is 0 Å². The van der Waals surface area contributed by atoms with Gasteiger partial charge in [-0.15, -0.1) is 0 Å². The summed E-state index contributed by atoms with van der Waals surface area (Å²) in [6.07, 6.45) is -5.03. The molecule has 0 unspecified atom stereocenters. The highest BCUT2D eigenvalue weighted by Gasteiger charge is 2.74. The average molecular weight is 266 g/mol.